The lowest BCUT2D eigenvalue weighted by Crippen LogP contribution is -2.41. The zero-order valence-corrected chi connectivity index (χ0v) is 16.8. The summed E-state index contributed by atoms with van der Waals surface area (Å²) in [5.41, 5.74) is 6.59. The number of benzene rings is 1. The molecule has 1 unspecified atom stereocenters. The highest BCUT2D eigenvalue weighted by atomic mass is 19.1. The van der Waals surface area contributed by atoms with Crippen LogP contribution in [-0.4, -0.2) is 45.1 Å². The third kappa shape index (κ3) is 3.27. The first-order chi connectivity index (χ1) is 14.9. The van der Waals surface area contributed by atoms with Crippen LogP contribution in [0.4, 0.5) is 8.78 Å². The van der Waals surface area contributed by atoms with Gasteiger partial charge in [-0.05, 0) is 35.4 Å². The van der Waals surface area contributed by atoms with Gasteiger partial charge in [-0.15, -0.1) is 0 Å². The predicted molar refractivity (Wildman–Crippen MR) is 111 cm³/mol. The van der Waals surface area contributed by atoms with Gasteiger partial charge < -0.3 is 15.4 Å². The van der Waals surface area contributed by atoms with Gasteiger partial charge in [-0.25, -0.2) is 14.4 Å². The second-order valence-electron chi connectivity index (χ2n) is 7.23. The number of carbonyl (C=O) groups excluding carboxylic acids is 1. The Bertz CT molecular complexity index is 1180. The molecule has 0 saturated heterocycles. The van der Waals surface area contributed by atoms with E-state index in [-0.39, 0.29) is 24.7 Å². The van der Waals surface area contributed by atoms with E-state index in [0.717, 1.165) is 0 Å². The Hall–Kier alpha value is -3.59. The zero-order valence-electron chi connectivity index (χ0n) is 16.8. The number of amides is 1. The molecule has 160 valence electrons. The van der Waals surface area contributed by atoms with Gasteiger partial charge >= 0.3 is 0 Å². The quantitative estimate of drug-likeness (QED) is 0.592. The number of hydrogen-bond acceptors (Lipinski definition) is 5. The normalized spacial score (nSPS) is 18.5. The van der Waals surface area contributed by atoms with E-state index in [1.807, 2.05) is 0 Å². The Morgan fingerprint density at radius 3 is 2.65 bits per heavy atom. The highest BCUT2D eigenvalue weighted by Crippen LogP contribution is 2.41. The maximum atomic E-state index is 14.3. The molecular weight excluding hydrogens is 404 g/mol. The minimum Gasteiger partial charge on any atom is -0.390 e. The SMILES string of the molecule is CN1C(=O)C(c2cccc(-c3cccnc3F)c2)(c2cc(CO)n(CCF)c2)N=C1N. The maximum absolute atomic E-state index is 14.3. The number of hydrogen-bond donors (Lipinski definition) is 2. The molecule has 1 aliphatic heterocycles. The molecule has 2 aromatic heterocycles. The molecule has 4 rings (SSSR count). The summed E-state index contributed by atoms with van der Waals surface area (Å²) in [7, 11) is 1.51. The molecule has 1 atom stereocenters. The zero-order chi connectivity index (χ0) is 22.2. The van der Waals surface area contributed by atoms with Crippen LogP contribution < -0.4 is 5.73 Å². The molecule has 0 bridgehead atoms. The number of rotatable bonds is 6. The van der Waals surface area contributed by atoms with E-state index < -0.39 is 24.1 Å². The summed E-state index contributed by atoms with van der Waals surface area (Å²) >= 11 is 0. The first-order valence-corrected chi connectivity index (χ1v) is 9.63. The number of pyridine rings is 1. The van der Waals surface area contributed by atoms with Crippen molar-refractivity contribution in [2.24, 2.45) is 10.7 Å². The third-order valence-corrected chi connectivity index (χ3v) is 5.48. The van der Waals surface area contributed by atoms with Crippen molar-refractivity contribution in [3.8, 4) is 11.1 Å². The summed E-state index contributed by atoms with van der Waals surface area (Å²) in [5.74, 6) is -1.02. The van der Waals surface area contributed by atoms with Crippen LogP contribution in [0, 0.1) is 5.95 Å². The second-order valence-corrected chi connectivity index (χ2v) is 7.23. The van der Waals surface area contributed by atoms with E-state index in [1.165, 1.54) is 18.1 Å². The molecule has 1 aromatic carbocycles. The number of nitrogens with two attached hydrogens (primary N) is 1. The average Bonchev–Trinajstić information content (AvgIpc) is 3.29. The van der Waals surface area contributed by atoms with Gasteiger partial charge in [0.2, 0.25) is 5.95 Å². The summed E-state index contributed by atoms with van der Waals surface area (Å²) in [6.45, 7) is -0.945. The fourth-order valence-corrected chi connectivity index (χ4v) is 3.88. The minimum absolute atomic E-state index is 0.0201. The third-order valence-electron chi connectivity index (χ3n) is 5.48. The van der Waals surface area contributed by atoms with Gasteiger partial charge in [0.05, 0.1) is 13.2 Å². The molecule has 1 aliphatic rings. The number of aliphatic imine (C=N–C) groups is 1. The fraction of sp³-hybridized carbons (Fsp3) is 0.227. The first kappa shape index (κ1) is 20.7. The summed E-state index contributed by atoms with van der Waals surface area (Å²) in [6.07, 6.45) is 2.95. The summed E-state index contributed by atoms with van der Waals surface area (Å²) in [5, 5.41) is 9.70. The molecule has 0 aliphatic carbocycles. The Kier molecular flexibility index (Phi) is 5.28. The molecule has 0 radical (unpaired) electrons. The average molecular weight is 425 g/mol. The number of aryl methyl sites for hydroxylation is 1. The molecule has 3 aromatic rings. The van der Waals surface area contributed by atoms with Gasteiger partial charge in [0.15, 0.2) is 11.5 Å². The summed E-state index contributed by atoms with van der Waals surface area (Å²) in [4.78, 5) is 22.8. The van der Waals surface area contributed by atoms with Gasteiger partial charge in [0.1, 0.15) is 6.67 Å². The van der Waals surface area contributed by atoms with Crippen molar-refractivity contribution in [1.29, 1.82) is 0 Å². The number of aliphatic hydroxyl groups excluding tert-OH is 1. The van der Waals surface area contributed by atoms with E-state index in [0.29, 0.717) is 22.4 Å². The van der Waals surface area contributed by atoms with Crippen molar-refractivity contribution < 1.29 is 18.7 Å². The highest BCUT2D eigenvalue weighted by Gasteiger charge is 2.50. The van der Waals surface area contributed by atoms with Crippen molar-refractivity contribution in [2.75, 3.05) is 13.7 Å². The van der Waals surface area contributed by atoms with Crippen LogP contribution in [0.2, 0.25) is 0 Å². The Labute approximate surface area is 177 Å². The topological polar surface area (TPSA) is 96.7 Å². The van der Waals surface area contributed by atoms with E-state index in [4.69, 9.17) is 5.73 Å². The molecule has 7 nitrogen and oxygen atoms in total. The molecular formula is C22H21F2N5O2. The Morgan fingerprint density at radius 2 is 2.00 bits per heavy atom. The molecule has 0 spiro atoms. The lowest BCUT2D eigenvalue weighted by molar-refractivity contribution is -0.129. The van der Waals surface area contributed by atoms with Crippen molar-refractivity contribution in [1.82, 2.24) is 14.5 Å². The predicted octanol–water partition coefficient (Wildman–Crippen LogP) is 2.18. The Balaban J connectivity index is 1.94. The van der Waals surface area contributed by atoms with Crippen LogP contribution in [-0.2, 0) is 23.5 Å². The van der Waals surface area contributed by atoms with Gasteiger partial charge in [-0.3, -0.25) is 9.69 Å². The highest BCUT2D eigenvalue weighted by molar-refractivity contribution is 6.09. The molecule has 1 amide bonds. The number of carbonyl (C=O) groups is 1. The van der Waals surface area contributed by atoms with Crippen LogP contribution >= 0.6 is 0 Å². The van der Waals surface area contributed by atoms with Gasteiger partial charge in [-0.2, -0.15) is 4.39 Å². The van der Waals surface area contributed by atoms with Crippen molar-refractivity contribution >= 4 is 11.9 Å². The van der Waals surface area contributed by atoms with Crippen LogP contribution in [0.5, 0.6) is 0 Å². The summed E-state index contributed by atoms with van der Waals surface area (Å²) < 4.78 is 28.8. The molecule has 9 heteroatoms. The molecule has 0 saturated carbocycles. The Morgan fingerprint density at radius 1 is 1.19 bits per heavy atom. The first-order valence-electron chi connectivity index (χ1n) is 9.63. The van der Waals surface area contributed by atoms with Gasteiger partial charge in [0, 0.05) is 36.3 Å². The molecule has 3 heterocycles. The van der Waals surface area contributed by atoms with E-state index in [9.17, 15) is 18.7 Å². The van der Waals surface area contributed by atoms with Crippen molar-refractivity contribution in [3.63, 3.8) is 0 Å². The number of halogens is 2. The van der Waals surface area contributed by atoms with Crippen LogP contribution in [0.1, 0.15) is 16.8 Å². The maximum Gasteiger partial charge on any atom is 0.266 e. The standard InChI is InChI=1S/C22H21F2N5O2/c1-28-20(31)22(27-21(28)25,16-11-17(13-30)29(12-16)9-7-23)15-5-2-4-14(10-15)18-6-3-8-26-19(18)24/h2-6,8,10-12,30H,7,9,13H2,1H3,(H2,25,27). The van der Waals surface area contributed by atoms with Crippen LogP contribution in [0.15, 0.2) is 59.9 Å². The number of aromatic nitrogens is 2. The molecule has 31 heavy (non-hydrogen) atoms. The molecule has 0 fully saturated rings. The lowest BCUT2D eigenvalue weighted by Gasteiger charge is -2.25. The van der Waals surface area contributed by atoms with Crippen LogP contribution in [0.25, 0.3) is 11.1 Å². The summed E-state index contributed by atoms with van der Waals surface area (Å²) in [6, 6.07) is 11.6. The fourth-order valence-electron chi connectivity index (χ4n) is 3.88. The van der Waals surface area contributed by atoms with Gasteiger partial charge in [-0.1, -0.05) is 18.2 Å². The van der Waals surface area contributed by atoms with E-state index in [1.54, 1.807) is 53.2 Å². The van der Waals surface area contributed by atoms with E-state index >= 15 is 0 Å². The monoisotopic (exact) mass is 425 g/mol. The van der Waals surface area contributed by atoms with Crippen LogP contribution in [0.3, 0.4) is 0 Å². The second kappa shape index (κ2) is 7.92. The van der Waals surface area contributed by atoms with Gasteiger partial charge in [0.25, 0.3) is 5.91 Å². The number of alkyl halides is 1. The minimum atomic E-state index is -1.54. The molecule has 3 N–H and O–H groups in total. The lowest BCUT2D eigenvalue weighted by atomic mass is 9.83. The number of aliphatic hydroxyl groups is 1. The number of likely N-dealkylation sites (N-methyl/N-ethyl adjacent to an activating group) is 1. The number of guanidine groups is 1. The van der Waals surface area contributed by atoms with E-state index in [2.05, 4.69) is 9.98 Å². The van der Waals surface area contributed by atoms with Crippen molar-refractivity contribution in [2.45, 2.75) is 18.7 Å². The largest absolute Gasteiger partial charge is 0.390 e. The van der Waals surface area contributed by atoms with Crippen molar-refractivity contribution in [3.05, 3.63) is 77.6 Å². The number of nitrogens with zero attached hydrogens (tertiary/aromatic N) is 4. The smallest absolute Gasteiger partial charge is 0.266 e.